The van der Waals surface area contributed by atoms with Crippen molar-refractivity contribution in [2.75, 3.05) is 18.8 Å². The van der Waals surface area contributed by atoms with Crippen LogP contribution in [0.5, 0.6) is 0 Å². The Morgan fingerprint density at radius 2 is 1.69 bits per heavy atom. The molecular formula is C11H25NO3S. The Labute approximate surface area is 99.4 Å². The van der Waals surface area contributed by atoms with Gasteiger partial charge in [0.05, 0.1) is 16.1 Å². The van der Waals surface area contributed by atoms with E-state index in [1.807, 2.05) is 6.92 Å². The van der Waals surface area contributed by atoms with Crippen LogP contribution in [0.15, 0.2) is 0 Å². The lowest BCUT2D eigenvalue weighted by atomic mass is 10.0. The van der Waals surface area contributed by atoms with Gasteiger partial charge >= 0.3 is 0 Å². The SMILES string of the molecule is CCNCC(C)(O)CCS(=O)(=O)C(C)(C)C. The van der Waals surface area contributed by atoms with Gasteiger partial charge in [0, 0.05) is 6.54 Å². The van der Waals surface area contributed by atoms with Crippen LogP contribution in [0.25, 0.3) is 0 Å². The highest BCUT2D eigenvalue weighted by atomic mass is 32.2. The molecule has 2 N–H and O–H groups in total. The molecule has 1 unspecified atom stereocenters. The maximum atomic E-state index is 11.8. The highest BCUT2D eigenvalue weighted by Gasteiger charge is 2.31. The van der Waals surface area contributed by atoms with Crippen LogP contribution in [-0.4, -0.2) is 42.7 Å². The third-order valence-electron chi connectivity index (χ3n) is 2.60. The van der Waals surface area contributed by atoms with Crippen LogP contribution < -0.4 is 5.32 Å². The second-order valence-corrected chi connectivity index (χ2v) is 8.32. The van der Waals surface area contributed by atoms with Crippen LogP contribution in [0.2, 0.25) is 0 Å². The Bertz CT molecular complexity index is 302. The van der Waals surface area contributed by atoms with Crippen molar-refractivity contribution in [2.45, 2.75) is 51.4 Å². The molecule has 0 heterocycles. The summed E-state index contributed by atoms with van der Waals surface area (Å²) in [6.07, 6.45) is 0.263. The van der Waals surface area contributed by atoms with E-state index in [1.54, 1.807) is 27.7 Å². The summed E-state index contributed by atoms with van der Waals surface area (Å²) >= 11 is 0. The number of nitrogens with one attached hydrogen (secondary N) is 1. The van der Waals surface area contributed by atoms with Gasteiger partial charge in [-0.2, -0.15) is 0 Å². The molecule has 0 aliphatic carbocycles. The van der Waals surface area contributed by atoms with Crippen molar-refractivity contribution < 1.29 is 13.5 Å². The molecule has 0 aliphatic heterocycles. The normalized spacial score (nSPS) is 17.1. The molecule has 0 radical (unpaired) electrons. The minimum absolute atomic E-state index is 0.0227. The quantitative estimate of drug-likeness (QED) is 0.737. The highest BCUT2D eigenvalue weighted by Crippen LogP contribution is 2.19. The van der Waals surface area contributed by atoms with Gasteiger partial charge in [-0.3, -0.25) is 0 Å². The molecule has 4 nitrogen and oxygen atoms in total. The van der Waals surface area contributed by atoms with Crippen LogP contribution in [0.4, 0.5) is 0 Å². The van der Waals surface area contributed by atoms with E-state index in [0.29, 0.717) is 6.54 Å². The first-order valence-electron chi connectivity index (χ1n) is 5.67. The molecule has 0 aliphatic rings. The van der Waals surface area contributed by atoms with Gasteiger partial charge in [-0.1, -0.05) is 6.92 Å². The Morgan fingerprint density at radius 1 is 1.19 bits per heavy atom. The molecule has 0 aromatic carbocycles. The van der Waals surface area contributed by atoms with E-state index in [2.05, 4.69) is 5.32 Å². The Hall–Kier alpha value is -0.130. The van der Waals surface area contributed by atoms with Crippen molar-refractivity contribution in [3.05, 3.63) is 0 Å². The van der Waals surface area contributed by atoms with Gasteiger partial charge < -0.3 is 10.4 Å². The first-order chi connectivity index (χ1) is 7.02. The summed E-state index contributed by atoms with van der Waals surface area (Å²) in [5.74, 6) is 0.0227. The van der Waals surface area contributed by atoms with E-state index in [1.165, 1.54) is 0 Å². The average Bonchev–Trinajstić information content (AvgIpc) is 2.10. The zero-order chi connectivity index (χ0) is 13.0. The third kappa shape index (κ3) is 5.27. The van der Waals surface area contributed by atoms with Crippen LogP contribution in [0, 0.1) is 0 Å². The van der Waals surface area contributed by atoms with E-state index in [-0.39, 0.29) is 12.2 Å². The molecule has 0 spiro atoms. The summed E-state index contributed by atoms with van der Waals surface area (Å²) < 4.78 is 22.9. The number of sulfone groups is 1. The molecule has 0 saturated heterocycles. The molecule has 98 valence electrons. The monoisotopic (exact) mass is 251 g/mol. The number of hydrogen-bond donors (Lipinski definition) is 2. The zero-order valence-electron chi connectivity index (χ0n) is 11.0. The molecule has 5 heteroatoms. The molecule has 0 saturated carbocycles. The Kier molecular flexibility index (Phi) is 5.42. The summed E-state index contributed by atoms with van der Waals surface area (Å²) in [7, 11) is -3.14. The van der Waals surface area contributed by atoms with E-state index in [0.717, 1.165) is 6.54 Å². The number of likely N-dealkylation sites (N-methyl/N-ethyl adjacent to an activating group) is 1. The second-order valence-electron chi connectivity index (χ2n) is 5.46. The van der Waals surface area contributed by atoms with Crippen LogP contribution in [0.1, 0.15) is 41.0 Å². The summed E-state index contributed by atoms with van der Waals surface area (Å²) in [6, 6.07) is 0. The predicted octanol–water partition coefficient (Wildman–Crippen LogP) is 0.950. The van der Waals surface area contributed by atoms with Crippen molar-refractivity contribution in [1.82, 2.24) is 5.32 Å². The van der Waals surface area contributed by atoms with Crippen LogP contribution in [-0.2, 0) is 9.84 Å². The molecule has 0 amide bonds. The molecule has 16 heavy (non-hydrogen) atoms. The van der Waals surface area contributed by atoms with Crippen molar-refractivity contribution >= 4 is 9.84 Å². The molecule has 0 aromatic rings. The van der Waals surface area contributed by atoms with E-state index in [4.69, 9.17) is 0 Å². The molecule has 0 rings (SSSR count). The van der Waals surface area contributed by atoms with Crippen molar-refractivity contribution in [2.24, 2.45) is 0 Å². The third-order valence-corrected chi connectivity index (χ3v) is 5.21. The minimum Gasteiger partial charge on any atom is -0.389 e. The van der Waals surface area contributed by atoms with Crippen molar-refractivity contribution in [3.63, 3.8) is 0 Å². The van der Waals surface area contributed by atoms with Gasteiger partial charge in [0.2, 0.25) is 0 Å². The molecule has 0 bridgehead atoms. The van der Waals surface area contributed by atoms with Crippen molar-refractivity contribution in [1.29, 1.82) is 0 Å². The summed E-state index contributed by atoms with van der Waals surface area (Å²) in [6.45, 7) is 9.84. The predicted molar refractivity (Wildman–Crippen MR) is 67.3 cm³/mol. The van der Waals surface area contributed by atoms with E-state index >= 15 is 0 Å². The smallest absolute Gasteiger partial charge is 0.155 e. The van der Waals surface area contributed by atoms with E-state index < -0.39 is 20.2 Å². The molecule has 1 atom stereocenters. The topological polar surface area (TPSA) is 66.4 Å². The first kappa shape index (κ1) is 15.9. The zero-order valence-corrected chi connectivity index (χ0v) is 11.8. The lowest BCUT2D eigenvalue weighted by Crippen LogP contribution is -2.41. The maximum absolute atomic E-state index is 11.8. The summed E-state index contributed by atoms with van der Waals surface area (Å²) in [5, 5.41) is 13.0. The number of aliphatic hydroxyl groups is 1. The molecular weight excluding hydrogens is 226 g/mol. The minimum atomic E-state index is -3.14. The first-order valence-corrected chi connectivity index (χ1v) is 7.32. The maximum Gasteiger partial charge on any atom is 0.155 e. The van der Waals surface area contributed by atoms with Gasteiger partial charge in [-0.25, -0.2) is 8.42 Å². The molecule has 0 fully saturated rings. The summed E-state index contributed by atoms with van der Waals surface area (Å²) in [5.41, 5.74) is -0.964. The van der Waals surface area contributed by atoms with Gasteiger partial charge in [0.1, 0.15) is 0 Å². The fraction of sp³-hybridized carbons (Fsp3) is 1.00. The van der Waals surface area contributed by atoms with Crippen LogP contribution in [0.3, 0.4) is 0 Å². The fourth-order valence-electron chi connectivity index (χ4n) is 1.14. The van der Waals surface area contributed by atoms with Gasteiger partial charge in [-0.05, 0) is 40.7 Å². The fourth-order valence-corrected chi connectivity index (χ4v) is 2.46. The molecule has 0 aromatic heterocycles. The summed E-state index contributed by atoms with van der Waals surface area (Å²) in [4.78, 5) is 0. The lowest BCUT2D eigenvalue weighted by Gasteiger charge is -2.26. The Balaban J connectivity index is 4.35. The lowest BCUT2D eigenvalue weighted by molar-refractivity contribution is 0.0571. The van der Waals surface area contributed by atoms with Crippen molar-refractivity contribution in [3.8, 4) is 0 Å². The Morgan fingerprint density at radius 3 is 2.06 bits per heavy atom. The van der Waals surface area contributed by atoms with Gasteiger partial charge in [0.25, 0.3) is 0 Å². The second kappa shape index (κ2) is 5.47. The number of rotatable bonds is 6. The van der Waals surface area contributed by atoms with Gasteiger partial charge in [0.15, 0.2) is 9.84 Å². The van der Waals surface area contributed by atoms with Gasteiger partial charge in [-0.15, -0.1) is 0 Å². The average molecular weight is 251 g/mol. The van der Waals surface area contributed by atoms with E-state index in [9.17, 15) is 13.5 Å². The van der Waals surface area contributed by atoms with Crippen LogP contribution >= 0.6 is 0 Å². The highest BCUT2D eigenvalue weighted by molar-refractivity contribution is 7.92. The number of hydrogen-bond acceptors (Lipinski definition) is 4. The standard InChI is InChI=1S/C11H25NO3S/c1-6-12-9-11(5,13)7-8-16(14,15)10(2,3)4/h12-13H,6-9H2,1-5H3. The largest absolute Gasteiger partial charge is 0.389 e.